The van der Waals surface area contributed by atoms with E-state index in [-0.39, 0.29) is 11.8 Å². The zero-order valence-electron chi connectivity index (χ0n) is 9.10. The van der Waals surface area contributed by atoms with E-state index in [4.69, 9.17) is 11.5 Å². The minimum Gasteiger partial charge on any atom is -0.397 e. The topological polar surface area (TPSA) is 85.2 Å². The number of piperidine rings is 1. The quantitative estimate of drug-likeness (QED) is 0.753. The van der Waals surface area contributed by atoms with Gasteiger partial charge in [-0.05, 0) is 25.0 Å². The third-order valence-corrected chi connectivity index (χ3v) is 2.99. The van der Waals surface area contributed by atoms with E-state index in [1.807, 2.05) is 12.1 Å². The smallest absolute Gasteiger partial charge is 0.220 e. The predicted octanol–water partition coefficient (Wildman–Crippen LogP) is 0.365. The third-order valence-electron chi connectivity index (χ3n) is 2.99. The van der Waals surface area contributed by atoms with Crippen molar-refractivity contribution in [2.45, 2.75) is 12.8 Å². The van der Waals surface area contributed by atoms with Crippen LogP contribution in [0, 0.1) is 5.92 Å². The van der Waals surface area contributed by atoms with E-state index in [0.29, 0.717) is 5.69 Å². The number of nitrogens with zero attached hydrogens (tertiary/aromatic N) is 2. The summed E-state index contributed by atoms with van der Waals surface area (Å²) in [4.78, 5) is 17.4. The fourth-order valence-corrected chi connectivity index (χ4v) is 1.98. The molecular formula is C11H16N4O. The number of hydrogen-bond donors (Lipinski definition) is 2. The Hall–Kier alpha value is -1.78. The van der Waals surface area contributed by atoms with Crippen molar-refractivity contribution in [3.05, 3.63) is 18.3 Å². The van der Waals surface area contributed by atoms with Gasteiger partial charge in [0, 0.05) is 19.0 Å². The van der Waals surface area contributed by atoms with Crippen LogP contribution in [0.4, 0.5) is 11.5 Å². The molecule has 1 aromatic heterocycles. The van der Waals surface area contributed by atoms with Gasteiger partial charge in [0.2, 0.25) is 5.91 Å². The van der Waals surface area contributed by atoms with Crippen molar-refractivity contribution in [3.63, 3.8) is 0 Å². The lowest BCUT2D eigenvalue weighted by molar-refractivity contribution is -0.122. The summed E-state index contributed by atoms with van der Waals surface area (Å²) in [6.07, 6.45) is 3.26. The van der Waals surface area contributed by atoms with Crippen molar-refractivity contribution in [2.75, 3.05) is 23.7 Å². The highest BCUT2D eigenvalue weighted by molar-refractivity contribution is 5.76. The highest BCUT2D eigenvalue weighted by Crippen LogP contribution is 2.21. The molecule has 86 valence electrons. The van der Waals surface area contributed by atoms with Crippen LogP contribution in [0.1, 0.15) is 12.8 Å². The minimum absolute atomic E-state index is 0.0185. The summed E-state index contributed by atoms with van der Waals surface area (Å²) in [7, 11) is 0. The number of carbonyl (C=O) groups is 1. The molecule has 0 unspecified atom stereocenters. The molecule has 1 aliphatic heterocycles. The molecule has 5 nitrogen and oxygen atoms in total. The lowest BCUT2D eigenvalue weighted by atomic mass is 9.96. The number of hydrogen-bond acceptors (Lipinski definition) is 4. The molecule has 2 rings (SSSR count). The molecule has 0 bridgehead atoms. The van der Waals surface area contributed by atoms with Crippen LogP contribution in [0.5, 0.6) is 0 Å². The van der Waals surface area contributed by atoms with E-state index in [9.17, 15) is 4.79 Å². The molecule has 1 saturated heterocycles. The lowest BCUT2D eigenvalue weighted by Crippen LogP contribution is -2.38. The third kappa shape index (κ3) is 2.24. The molecule has 1 fully saturated rings. The van der Waals surface area contributed by atoms with E-state index in [0.717, 1.165) is 31.7 Å². The molecule has 1 aliphatic rings. The summed E-state index contributed by atoms with van der Waals surface area (Å²) in [5, 5.41) is 0. The van der Waals surface area contributed by atoms with Crippen LogP contribution in [0.3, 0.4) is 0 Å². The second-order valence-corrected chi connectivity index (χ2v) is 4.11. The number of aromatic nitrogens is 1. The molecule has 2 heterocycles. The maximum absolute atomic E-state index is 11.0. The van der Waals surface area contributed by atoms with Crippen LogP contribution in [-0.4, -0.2) is 24.0 Å². The first-order valence-electron chi connectivity index (χ1n) is 5.42. The predicted molar refractivity (Wildman–Crippen MR) is 62.8 cm³/mol. The van der Waals surface area contributed by atoms with Gasteiger partial charge >= 0.3 is 0 Å². The van der Waals surface area contributed by atoms with E-state index in [1.54, 1.807) is 6.20 Å². The van der Waals surface area contributed by atoms with Crippen LogP contribution in [0.15, 0.2) is 18.3 Å². The molecular weight excluding hydrogens is 204 g/mol. The van der Waals surface area contributed by atoms with Crippen LogP contribution in [0.2, 0.25) is 0 Å². The van der Waals surface area contributed by atoms with E-state index in [1.165, 1.54) is 0 Å². The summed E-state index contributed by atoms with van der Waals surface area (Å²) in [6.45, 7) is 1.65. The van der Waals surface area contributed by atoms with E-state index >= 15 is 0 Å². The molecule has 0 aliphatic carbocycles. The molecule has 4 N–H and O–H groups in total. The number of primary amides is 1. The molecule has 16 heavy (non-hydrogen) atoms. The van der Waals surface area contributed by atoms with Gasteiger partial charge < -0.3 is 16.4 Å². The summed E-state index contributed by atoms with van der Waals surface area (Å²) < 4.78 is 0. The largest absolute Gasteiger partial charge is 0.397 e. The van der Waals surface area contributed by atoms with E-state index < -0.39 is 0 Å². The molecule has 1 amide bonds. The molecule has 0 spiro atoms. The molecule has 0 aromatic carbocycles. The zero-order chi connectivity index (χ0) is 11.5. The van der Waals surface area contributed by atoms with Gasteiger partial charge in [-0.25, -0.2) is 4.98 Å². The Kier molecular flexibility index (Phi) is 2.94. The Balaban J connectivity index is 1.99. The fourth-order valence-electron chi connectivity index (χ4n) is 1.98. The molecule has 0 saturated carbocycles. The maximum atomic E-state index is 11.0. The van der Waals surface area contributed by atoms with Gasteiger partial charge in [0.25, 0.3) is 0 Å². The van der Waals surface area contributed by atoms with Crippen molar-refractivity contribution < 1.29 is 4.79 Å². The molecule has 1 aromatic rings. The first-order chi connectivity index (χ1) is 7.66. The minimum atomic E-state index is -0.190. The number of nitrogens with two attached hydrogens (primary N) is 2. The summed E-state index contributed by atoms with van der Waals surface area (Å²) in [6, 6.07) is 3.74. The van der Waals surface area contributed by atoms with Gasteiger partial charge in [0.15, 0.2) is 0 Å². The first kappa shape index (κ1) is 10.7. The number of rotatable bonds is 2. The van der Waals surface area contributed by atoms with Crippen molar-refractivity contribution in [1.29, 1.82) is 0 Å². The van der Waals surface area contributed by atoms with Gasteiger partial charge in [-0.1, -0.05) is 0 Å². The van der Waals surface area contributed by atoms with Crippen LogP contribution in [0.25, 0.3) is 0 Å². The van der Waals surface area contributed by atoms with Crippen molar-refractivity contribution in [1.82, 2.24) is 4.98 Å². The van der Waals surface area contributed by atoms with Gasteiger partial charge in [-0.15, -0.1) is 0 Å². The fraction of sp³-hybridized carbons (Fsp3) is 0.455. The number of pyridine rings is 1. The number of anilines is 2. The lowest BCUT2D eigenvalue weighted by Gasteiger charge is -2.31. The van der Waals surface area contributed by atoms with E-state index in [2.05, 4.69) is 9.88 Å². The first-order valence-corrected chi connectivity index (χ1v) is 5.42. The average molecular weight is 220 g/mol. The highest BCUT2D eigenvalue weighted by atomic mass is 16.1. The Morgan fingerprint density at radius 2 is 2.06 bits per heavy atom. The van der Waals surface area contributed by atoms with Gasteiger partial charge in [0.1, 0.15) is 5.82 Å². The Labute approximate surface area is 94.4 Å². The maximum Gasteiger partial charge on any atom is 0.220 e. The van der Waals surface area contributed by atoms with Crippen molar-refractivity contribution in [2.24, 2.45) is 11.7 Å². The summed E-state index contributed by atoms with van der Waals surface area (Å²) >= 11 is 0. The number of carbonyl (C=O) groups excluding carboxylic acids is 1. The number of amides is 1. The SMILES string of the molecule is NC(=O)C1CCN(c2ccc(N)cn2)CC1. The van der Waals surface area contributed by atoms with Gasteiger partial charge in [0.05, 0.1) is 11.9 Å². The Bertz CT molecular complexity index is 368. The van der Waals surface area contributed by atoms with Crippen LogP contribution >= 0.6 is 0 Å². The van der Waals surface area contributed by atoms with Crippen molar-refractivity contribution >= 4 is 17.4 Å². The van der Waals surface area contributed by atoms with Gasteiger partial charge in [-0.2, -0.15) is 0 Å². The standard InChI is InChI=1S/C11H16N4O/c12-9-1-2-10(14-7-9)15-5-3-8(4-6-15)11(13)16/h1-2,7-8H,3-6,12H2,(H2,13,16). The zero-order valence-corrected chi connectivity index (χ0v) is 9.10. The molecule has 5 heteroatoms. The second-order valence-electron chi connectivity index (χ2n) is 4.11. The Morgan fingerprint density at radius 1 is 1.38 bits per heavy atom. The Morgan fingerprint density at radius 3 is 2.56 bits per heavy atom. The average Bonchev–Trinajstić information content (AvgIpc) is 2.30. The van der Waals surface area contributed by atoms with Crippen LogP contribution < -0.4 is 16.4 Å². The van der Waals surface area contributed by atoms with Crippen LogP contribution in [-0.2, 0) is 4.79 Å². The molecule has 0 radical (unpaired) electrons. The summed E-state index contributed by atoms with van der Waals surface area (Å²) in [5.41, 5.74) is 11.5. The number of nitrogen functional groups attached to an aromatic ring is 1. The normalized spacial score (nSPS) is 17.4. The van der Waals surface area contributed by atoms with Gasteiger partial charge in [-0.3, -0.25) is 4.79 Å². The monoisotopic (exact) mass is 220 g/mol. The summed E-state index contributed by atoms with van der Waals surface area (Å²) in [5.74, 6) is 0.743. The highest BCUT2D eigenvalue weighted by Gasteiger charge is 2.23. The second kappa shape index (κ2) is 4.38. The molecule has 0 atom stereocenters. The van der Waals surface area contributed by atoms with Crippen molar-refractivity contribution in [3.8, 4) is 0 Å².